The minimum absolute atomic E-state index is 0.0625. The first-order valence-electron chi connectivity index (χ1n) is 7.23. The van der Waals surface area contributed by atoms with Crippen molar-refractivity contribution in [3.05, 3.63) is 35.9 Å². The van der Waals surface area contributed by atoms with Gasteiger partial charge in [-0.05, 0) is 38.8 Å². The molecule has 2 aliphatic rings. The topological polar surface area (TPSA) is 98.9 Å². The Morgan fingerprint density at radius 3 is 2.32 bits per heavy atom. The summed E-state index contributed by atoms with van der Waals surface area (Å²) in [6, 6.07) is 8.30. The van der Waals surface area contributed by atoms with Crippen LogP contribution in [0.1, 0.15) is 37.0 Å². The third-order valence-electron chi connectivity index (χ3n) is 3.77. The molecular formula is C16H21NO5. The van der Waals surface area contributed by atoms with Gasteiger partial charge in [-0.15, -0.1) is 0 Å². The Balaban J connectivity index is 0.000000172. The van der Waals surface area contributed by atoms with E-state index in [4.69, 9.17) is 20.3 Å². The fourth-order valence-corrected chi connectivity index (χ4v) is 2.82. The molecule has 1 aliphatic heterocycles. The molecular weight excluding hydrogens is 286 g/mol. The van der Waals surface area contributed by atoms with E-state index in [-0.39, 0.29) is 24.0 Å². The fraction of sp³-hybridized carbons (Fsp3) is 0.500. The second-order valence-corrected chi connectivity index (χ2v) is 5.90. The number of hydrogen-bond donors (Lipinski definition) is 2. The highest BCUT2D eigenvalue weighted by Gasteiger charge is 2.50. The summed E-state index contributed by atoms with van der Waals surface area (Å²) in [5, 5.41) is 8.38. The van der Waals surface area contributed by atoms with E-state index < -0.39 is 11.8 Å². The molecule has 1 saturated heterocycles. The number of carbonyl (C=O) groups is 2. The van der Waals surface area contributed by atoms with E-state index in [0.717, 1.165) is 12.8 Å². The van der Waals surface area contributed by atoms with E-state index in [2.05, 4.69) is 0 Å². The standard InChI is InChI=1S/C9H15NO3.C7H6O2/c1-9(2)12-6-4-3-5(8(10)11)7(6)13-9;8-7(9)6-4-2-1-3-5-6/h5-7H,3-4H2,1-2H3,(H2,10,11);1-5H,(H,8,9). The Kier molecular flexibility index (Phi) is 4.83. The summed E-state index contributed by atoms with van der Waals surface area (Å²) in [7, 11) is 0. The van der Waals surface area contributed by atoms with Crippen LogP contribution in [0.4, 0.5) is 0 Å². The van der Waals surface area contributed by atoms with Crippen LogP contribution in [0.5, 0.6) is 0 Å². The highest BCUT2D eigenvalue weighted by atomic mass is 16.8. The van der Waals surface area contributed by atoms with Gasteiger partial charge >= 0.3 is 5.97 Å². The molecule has 2 fully saturated rings. The van der Waals surface area contributed by atoms with Crippen molar-refractivity contribution in [1.82, 2.24) is 0 Å². The normalized spacial score (nSPS) is 28.4. The molecule has 120 valence electrons. The maximum Gasteiger partial charge on any atom is 0.335 e. The molecule has 22 heavy (non-hydrogen) atoms. The zero-order valence-corrected chi connectivity index (χ0v) is 12.7. The average Bonchev–Trinajstić information content (AvgIpc) is 2.95. The van der Waals surface area contributed by atoms with Crippen LogP contribution < -0.4 is 5.73 Å². The SMILES string of the molecule is CC1(C)OC2CCC(C(N)=O)C2O1.O=C(O)c1ccccc1. The Bertz CT molecular complexity index is 543. The molecule has 1 aliphatic carbocycles. The third-order valence-corrected chi connectivity index (χ3v) is 3.77. The third kappa shape index (κ3) is 3.84. The number of aromatic carboxylic acids is 1. The minimum Gasteiger partial charge on any atom is -0.478 e. The predicted molar refractivity (Wildman–Crippen MR) is 79.1 cm³/mol. The van der Waals surface area contributed by atoms with Crippen molar-refractivity contribution in [3.8, 4) is 0 Å². The lowest BCUT2D eigenvalue weighted by atomic mass is 10.1. The number of carbonyl (C=O) groups excluding carboxylic acids is 1. The van der Waals surface area contributed by atoms with Crippen molar-refractivity contribution in [2.24, 2.45) is 11.7 Å². The van der Waals surface area contributed by atoms with Gasteiger partial charge in [0, 0.05) is 0 Å². The molecule has 0 radical (unpaired) electrons. The van der Waals surface area contributed by atoms with Crippen LogP contribution in [0.25, 0.3) is 0 Å². The number of carboxylic acid groups (broad SMARTS) is 1. The van der Waals surface area contributed by atoms with Gasteiger partial charge in [-0.25, -0.2) is 4.79 Å². The van der Waals surface area contributed by atoms with E-state index in [1.807, 2.05) is 13.8 Å². The highest BCUT2D eigenvalue weighted by Crippen LogP contribution is 2.41. The molecule has 0 spiro atoms. The molecule has 3 unspecified atom stereocenters. The number of ether oxygens (including phenoxy) is 2. The number of hydrogen-bond acceptors (Lipinski definition) is 4. The van der Waals surface area contributed by atoms with Crippen LogP contribution in [-0.4, -0.2) is 35.0 Å². The lowest BCUT2D eigenvalue weighted by Gasteiger charge is -2.20. The van der Waals surface area contributed by atoms with E-state index in [9.17, 15) is 9.59 Å². The molecule has 1 heterocycles. The largest absolute Gasteiger partial charge is 0.478 e. The van der Waals surface area contributed by atoms with Gasteiger partial charge in [0.25, 0.3) is 0 Å². The number of rotatable bonds is 2. The molecule has 0 bridgehead atoms. The molecule has 1 amide bonds. The lowest BCUT2D eigenvalue weighted by Crippen LogP contribution is -2.34. The molecule has 1 saturated carbocycles. The number of benzene rings is 1. The van der Waals surface area contributed by atoms with Crippen LogP contribution in [0.15, 0.2) is 30.3 Å². The summed E-state index contributed by atoms with van der Waals surface area (Å²) in [5.74, 6) is -1.86. The first-order valence-corrected chi connectivity index (χ1v) is 7.23. The Labute approximate surface area is 129 Å². The molecule has 6 heteroatoms. The quantitative estimate of drug-likeness (QED) is 0.867. The van der Waals surface area contributed by atoms with Gasteiger partial charge in [-0.3, -0.25) is 4.79 Å². The van der Waals surface area contributed by atoms with Crippen LogP contribution in [-0.2, 0) is 14.3 Å². The summed E-state index contributed by atoms with van der Waals surface area (Å²) < 4.78 is 11.2. The van der Waals surface area contributed by atoms with Crippen LogP contribution in [0.2, 0.25) is 0 Å². The molecule has 3 N–H and O–H groups in total. The van der Waals surface area contributed by atoms with E-state index in [1.54, 1.807) is 30.3 Å². The molecule has 3 atom stereocenters. The molecule has 6 nitrogen and oxygen atoms in total. The van der Waals surface area contributed by atoms with E-state index in [0.29, 0.717) is 5.56 Å². The summed E-state index contributed by atoms with van der Waals surface area (Å²) in [5.41, 5.74) is 5.60. The first-order chi connectivity index (χ1) is 10.3. The van der Waals surface area contributed by atoms with Gasteiger partial charge in [0.2, 0.25) is 5.91 Å². The summed E-state index contributed by atoms with van der Waals surface area (Å²) in [6.45, 7) is 3.73. The van der Waals surface area contributed by atoms with Gasteiger partial charge in [0.05, 0.1) is 23.7 Å². The monoisotopic (exact) mass is 307 g/mol. The van der Waals surface area contributed by atoms with Crippen molar-refractivity contribution >= 4 is 11.9 Å². The maximum atomic E-state index is 11.0. The van der Waals surface area contributed by atoms with Crippen molar-refractivity contribution in [2.75, 3.05) is 0 Å². The van der Waals surface area contributed by atoms with Gasteiger partial charge < -0.3 is 20.3 Å². The number of fused-ring (bicyclic) bond motifs is 1. The Morgan fingerprint density at radius 1 is 1.18 bits per heavy atom. The summed E-state index contributed by atoms with van der Waals surface area (Å²) in [4.78, 5) is 21.2. The minimum atomic E-state index is -0.879. The maximum absolute atomic E-state index is 11.0. The number of primary amides is 1. The van der Waals surface area contributed by atoms with E-state index in [1.165, 1.54) is 0 Å². The molecule has 0 aromatic heterocycles. The summed E-state index contributed by atoms with van der Waals surface area (Å²) in [6.07, 6.45) is 1.61. The van der Waals surface area contributed by atoms with Crippen molar-refractivity contribution < 1.29 is 24.2 Å². The van der Waals surface area contributed by atoms with Crippen molar-refractivity contribution in [2.45, 2.75) is 44.7 Å². The Hall–Kier alpha value is -1.92. The number of amides is 1. The zero-order valence-electron chi connectivity index (χ0n) is 12.7. The van der Waals surface area contributed by atoms with Gasteiger partial charge in [-0.2, -0.15) is 0 Å². The lowest BCUT2D eigenvalue weighted by molar-refractivity contribution is -0.158. The van der Waals surface area contributed by atoms with Gasteiger partial charge in [0.1, 0.15) is 0 Å². The number of carboxylic acids is 1. The molecule has 1 aromatic rings. The smallest absolute Gasteiger partial charge is 0.335 e. The first kappa shape index (κ1) is 16.5. The highest BCUT2D eigenvalue weighted by molar-refractivity contribution is 5.87. The molecule has 1 aromatic carbocycles. The van der Waals surface area contributed by atoms with Crippen molar-refractivity contribution in [1.29, 1.82) is 0 Å². The van der Waals surface area contributed by atoms with Crippen LogP contribution >= 0.6 is 0 Å². The van der Waals surface area contributed by atoms with Gasteiger partial charge in [-0.1, -0.05) is 18.2 Å². The van der Waals surface area contributed by atoms with E-state index >= 15 is 0 Å². The zero-order chi connectivity index (χ0) is 16.3. The average molecular weight is 307 g/mol. The summed E-state index contributed by atoms with van der Waals surface area (Å²) >= 11 is 0. The van der Waals surface area contributed by atoms with Gasteiger partial charge in [0.15, 0.2) is 5.79 Å². The number of nitrogens with two attached hydrogens (primary N) is 1. The predicted octanol–water partition coefficient (Wildman–Crippen LogP) is 1.79. The van der Waals surface area contributed by atoms with Crippen LogP contribution in [0, 0.1) is 5.92 Å². The fourth-order valence-electron chi connectivity index (χ4n) is 2.82. The second kappa shape index (κ2) is 6.46. The molecule has 3 rings (SSSR count). The van der Waals surface area contributed by atoms with Crippen molar-refractivity contribution in [3.63, 3.8) is 0 Å². The Morgan fingerprint density at radius 2 is 1.82 bits per heavy atom. The second-order valence-electron chi connectivity index (χ2n) is 5.90. The van der Waals surface area contributed by atoms with Crippen LogP contribution in [0.3, 0.4) is 0 Å².